The highest BCUT2D eigenvalue weighted by atomic mass is 16.4. The molecule has 0 saturated carbocycles. The topological polar surface area (TPSA) is 67.2 Å². The van der Waals surface area contributed by atoms with E-state index in [0.29, 0.717) is 6.54 Å². The number of aryl methyl sites for hydroxylation is 1. The van der Waals surface area contributed by atoms with Crippen LogP contribution in [0.1, 0.15) is 44.6 Å². The number of carboxylic acids is 1. The minimum Gasteiger partial charge on any atom is -0.480 e. The molecule has 2 N–H and O–H groups in total. The summed E-state index contributed by atoms with van der Waals surface area (Å²) in [4.78, 5) is 11.5. The number of carbonyl (C=O) groups is 1. The van der Waals surface area contributed by atoms with Gasteiger partial charge in [-0.25, -0.2) is 0 Å². The van der Waals surface area contributed by atoms with Gasteiger partial charge in [0, 0.05) is 11.7 Å². The lowest BCUT2D eigenvalue weighted by Gasteiger charge is -2.29. The summed E-state index contributed by atoms with van der Waals surface area (Å²) in [5, 5.41) is 17.1. The Morgan fingerprint density at radius 1 is 1.47 bits per heavy atom. The molecule has 1 unspecified atom stereocenters. The van der Waals surface area contributed by atoms with Crippen LogP contribution < -0.4 is 5.32 Å². The van der Waals surface area contributed by atoms with Crippen molar-refractivity contribution in [1.29, 1.82) is 0 Å². The molecule has 0 saturated heterocycles. The van der Waals surface area contributed by atoms with E-state index in [9.17, 15) is 9.90 Å². The van der Waals surface area contributed by atoms with Crippen molar-refractivity contribution >= 4 is 5.97 Å². The quantitative estimate of drug-likeness (QED) is 0.826. The van der Waals surface area contributed by atoms with E-state index in [-0.39, 0.29) is 6.04 Å². The van der Waals surface area contributed by atoms with Crippen LogP contribution in [0.2, 0.25) is 0 Å². The fourth-order valence-electron chi connectivity index (χ4n) is 2.51. The Morgan fingerprint density at radius 3 is 2.42 bits per heavy atom. The molecule has 0 bridgehead atoms. The van der Waals surface area contributed by atoms with Crippen molar-refractivity contribution < 1.29 is 9.90 Å². The van der Waals surface area contributed by atoms with Crippen LogP contribution in [-0.2, 0) is 17.8 Å². The highest BCUT2D eigenvalue weighted by Crippen LogP contribution is 2.17. The molecule has 1 heterocycles. The van der Waals surface area contributed by atoms with Crippen LogP contribution in [0.15, 0.2) is 0 Å². The van der Waals surface area contributed by atoms with Crippen LogP contribution in [0, 0.1) is 13.8 Å². The maximum absolute atomic E-state index is 11.5. The van der Waals surface area contributed by atoms with Gasteiger partial charge in [-0.05, 0) is 46.6 Å². The van der Waals surface area contributed by atoms with Gasteiger partial charge >= 0.3 is 5.97 Å². The maximum Gasteiger partial charge on any atom is 0.325 e. The second-order valence-corrected chi connectivity index (χ2v) is 5.60. The normalized spacial score (nSPS) is 14.7. The number of hydrogen-bond donors (Lipinski definition) is 2. The molecule has 5 nitrogen and oxygen atoms in total. The van der Waals surface area contributed by atoms with Crippen LogP contribution in [-0.4, -0.2) is 32.4 Å². The van der Waals surface area contributed by atoms with Crippen molar-refractivity contribution in [2.45, 2.75) is 66.1 Å². The van der Waals surface area contributed by atoms with E-state index in [1.54, 1.807) is 11.6 Å². The third-order valence-electron chi connectivity index (χ3n) is 3.43. The summed E-state index contributed by atoms with van der Waals surface area (Å²) < 4.78 is 1.80. The van der Waals surface area contributed by atoms with E-state index < -0.39 is 11.5 Å². The number of rotatable bonds is 6. The predicted octanol–water partition coefficient (Wildman–Crippen LogP) is 1.90. The zero-order valence-corrected chi connectivity index (χ0v) is 12.7. The summed E-state index contributed by atoms with van der Waals surface area (Å²) in [5.41, 5.74) is 2.23. The summed E-state index contributed by atoms with van der Waals surface area (Å²) in [5.74, 6) is -0.855. The van der Waals surface area contributed by atoms with Crippen LogP contribution in [0.25, 0.3) is 0 Å². The lowest BCUT2D eigenvalue weighted by molar-refractivity contribution is -0.145. The molecular formula is C14H25N3O2. The van der Waals surface area contributed by atoms with E-state index in [4.69, 9.17) is 0 Å². The van der Waals surface area contributed by atoms with Crippen LogP contribution >= 0.6 is 0 Å². The van der Waals surface area contributed by atoms with Crippen LogP contribution in [0.4, 0.5) is 0 Å². The smallest absolute Gasteiger partial charge is 0.325 e. The summed E-state index contributed by atoms with van der Waals surface area (Å²) in [6, 6.07) is 0.101. The van der Waals surface area contributed by atoms with Crippen molar-refractivity contribution in [3.05, 3.63) is 17.0 Å². The molecule has 0 aliphatic rings. The first-order valence-electron chi connectivity index (χ1n) is 6.75. The lowest BCUT2D eigenvalue weighted by Crippen LogP contribution is -2.55. The second-order valence-electron chi connectivity index (χ2n) is 5.60. The van der Waals surface area contributed by atoms with E-state index in [1.807, 2.05) is 27.7 Å². The molecule has 5 heteroatoms. The molecule has 0 radical (unpaired) electrons. The Bertz CT molecular complexity index is 466. The van der Waals surface area contributed by atoms with Gasteiger partial charge in [-0.15, -0.1) is 0 Å². The van der Waals surface area contributed by atoms with Gasteiger partial charge in [-0.1, -0.05) is 6.92 Å². The average Bonchev–Trinajstić information content (AvgIpc) is 2.52. The second kappa shape index (κ2) is 5.74. The van der Waals surface area contributed by atoms with Crippen molar-refractivity contribution in [2.24, 2.45) is 0 Å². The summed E-state index contributed by atoms with van der Waals surface area (Å²) in [6.45, 7) is 12.0. The number of aliphatic carboxylic acids is 1. The monoisotopic (exact) mass is 267 g/mol. The van der Waals surface area contributed by atoms with Crippen molar-refractivity contribution in [1.82, 2.24) is 15.1 Å². The molecule has 0 aliphatic carbocycles. The first-order valence-corrected chi connectivity index (χ1v) is 6.75. The summed E-state index contributed by atoms with van der Waals surface area (Å²) >= 11 is 0. The molecule has 0 amide bonds. The minimum atomic E-state index is -1.01. The Labute approximate surface area is 115 Å². The van der Waals surface area contributed by atoms with Gasteiger partial charge in [0.15, 0.2) is 0 Å². The Morgan fingerprint density at radius 2 is 2.05 bits per heavy atom. The molecule has 0 fully saturated rings. The molecule has 1 aromatic rings. The summed E-state index contributed by atoms with van der Waals surface area (Å²) in [6.07, 6.45) is 0.916. The molecular weight excluding hydrogens is 242 g/mol. The Hall–Kier alpha value is -1.36. The lowest BCUT2D eigenvalue weighted by atomic mass is 10.0. The van der Waals surface area contributed by atoms with Crippen molar-refractivity contribution in [3.8, 4) is 0 Å². The molecule has 0 spiro atoms. The number of nitrogens with one attached hydrogen (secondary N) is 1. The zero-order valence-electron chi connectivity index (χ0n) is 12.7. The fraction of sp³-hybridized carbons (Fsp3) is 0.714. The van der Waals surface area contributed by atoms with Gasteiger partial charge in [0.2, 0.25) is 0 Å². The molecule has 108 valence electrons. The van der Waals surface area contributed by atoms with Crippen molar-refractivity contribution in [2.75, 3.05) is 0 Å². The van der Waals surface area contributed by atoms with E-state index in [0.717, 1.165) is 17.8 Å². The van der Waals surface area contributed by atoms with Gasteiger partial charge in [-0.3, -0.25) is 14.8 Å². The molecule has 0 aliphatic heterocycles. The SMILES string of the molecule is CCc1c(C)nn(CC(C)(NC(C)C)C(=O)O)c1C. The first-order chi connectivity index (χ1) is 8.71. The molecule has 19 heavy (non-hydrogen) atoms. The largest absolute Gasteiger partial charge is 0.480 e. The maximum atomic E-state index is 11.5. The molecule has 1 rings (SSSR count). The van der Waals surface area contributed by atoms with Gasteiger partial charge < -0.3 is 5.11 Å². The molecule has 1 aromatic heterocycles. The third-order valence-corrected chi connectivity index (χ3v) is 3.43. The average molecular weight is 267 g/mol. The number of hydrogen-bond acceptors (Lipinski definition) is 3. The molecule has 1 atom stereocenters. The summed E-state index contributed by atoms with van der Waals surface area (Å²) in [7, 11) is 0. The predicted molar refractivity (Wildman–Crippen MR) is 75.4 cm³/mol. The van der Waals surface area contributed by atoms with Crippen LogP contribution in [0.3, 0.4) is 0 Å². The van der Waals surface area contributed by atoms with Crippen molar-refractivity contribution in [3.63, 3.8) is 0 Å². The molecule has 0 aromatic carbocycles. The van der Waals surface area contributed by atoms with Gasteiger partial charge in [-0.2, -0.15) is 5.10 Å². The highest BCUT2D eigenvalue weighted by Gasteiger charge is 2.35. The third kappa shape index (κ3) is 3.35. The number of carboxylic acid groups (broad SMARTS) is 1. The van der Waals surface area contributed by atoms with Gasteiger partial charge in [0.1, 0.15) is 5.54 Å². The Kier molecular flexibility index (Phi) is 4.74. The Balaban J connectivity index is 3.07. The van der Waals surface area contributed by atoms with E-state index >= 15 is 0 Å². The number of nitrogens with zero attached hydrogens (tertiary/aromatic N) is 2. The van der Waals surface area contributed by atoms with Gasteiger partial charge in [0.05, 0.1) is 12.2 Å². The van der Waals surface area contributed by atoms with Crippen LogP contribution in [0.5, 0.6) is 0 Å². The van der Waals surface area contributed by atoms with E-state index in [1.165, 1.54) is 5.56 Å². The first kappa shape index (κ1) is 15.7. The standard InChI is InChI=1S/C14H25N3O2/c1-7-12-10(4)16-17(11(12)5)8-14(6,13(18)19)15-9(2)3/h9,15H,7-8H2,1-6H3,(H,18,19). The minimum absolute atomic E-state index is 0.101. The highest BCUT2D eigenvalue weighted by molar-refractivity contribution is 5.78. The number of aromatic nitrogens is 2. The zero-order chi connectivity index (χ0) is 14.8. The fourth-order valence-corrected chi connectivity index (χ4v) is 2.51. The van der Waals surface area contributed by atoms with Gasteiger partial charge in [0.25, 0.3) is 0 Å². The van der Waals surface area contributed by atoms with E-state index in [2.05, 4.69) is 17.3 Å².